The molecule has 2 aromatic carbocycles. The van der Waals surface area contributed by atoms with Crippen molar-refractivity contribution in [3.05, 3.63) is 64.7 Å². The number of carbonyl (C=O) groups excluding carboxylic acids is 2. The van der Waals surface area contributed by atoms with E-state index in [1.165, 1.54) is 4.90 Å². The standard InChI is InChI=1S/C24H33N3O4S/c1-7-25-24(29)20(5)26(15-21-13-11-17(2)12-14-21)23(28)16-27(32(6,30)31)22-10-8-9-18(3)19(22)4/h8-14,20H,7,15-16H2,1-6H3,(H,25,29)/t20-/m0/s1. The molecule has 0 saturated carbocycles. The Balaban J connectivity index is 2.42. The molecule has 2 amide bonds. The van der Waals surface area contributed by atoms with Gasteiger partial charge < -0.3 is 10.2 Å². The summed E-state index contributed by atoms with van der Waals surface area (Å²) < 4.78 is 26.4. The monoisotopic (exact) mass is 459 g/mol. The smallest absolute Gasteiger partial charge is 0.244 e. The number of benzene rings is 2. The van der Waals surface area contributed by atoms with E-state index in [4.69, 9.17) is 0 Å². The molecular weight excluding hydrogens is 426 g/mol. The van der Waals surface area contributed by atoms with E-state index < -0.39 is 28.5 Å². The molecule has 0 fully saturated rings. The molecule has 7 nitrogen and oxygen atoms in total. The Morgan fingerprint density at radius 1 is 1.03 bits per heavy atom. The predicted molar refractivity (Wildman–Crippen MR) is 128 cm³/mol. The molecule has 0 bridgehead atoms. The Morgan fingerprint density at radius 2 is 1.66 bits per heavy atom. The number of aryl methyl sites for hydroxylation is 2. The molecule has 0 heterocycles. The number of likely N-dealkylation sites (N-methyl/N-ethyl adjacent to an activating group) is 1. The molecular formula is C24H33N3O4S. The fourth-order valence-corrected chi connectivity index (χ4v) is 4.30. The minimum absolute atomic E-state index is 0.196. The molecule has 0 aliphatic carbocycles. The van der Waals surface area contributed by atoms with Crippen LogP contribution >= 0.6 is 0 Å². The van der Waals surface area contributed by atoms with Gasteiger partial charge in [-0.2, -0.15) is 0 Å². The van der Waals surface area contributed by atoms with Crippen molar-refractivity contribution in [1.29, 1.82) is 0 Å². The lowest BCUT2D eigenvalue weighted by Crippen LogP contribution is -2.51. The number of sulfonamides is 1. The van der Waals surface area contributed by atoms with Gasteiger partial charge >= 0.3 is 0 Å². The van der Waals surface area contributed by atoms with Gasteiger partial charge in [0.25, 0.3) is 0 Å². The molecule has 32 heavy (non-hydrogen) atoms. The average Bonchev–Trinajstić information content (AvgIpc) is 2.72. The van der Waals surface area contributed by atoms with E-state index in [2.05, 4.69) is 5.32 Å². The minimum atomic E-state index is -3.74. The minimum Gasteiger partial charge on any atom is -0.355 e. The Hall–Kier alpha value is -2.87. The van der Waals surface area contributed by atoms with Crippen LogP contribution in [0.1, 0.15) is 36.1 Å². The summed E-state index contributed by atoms with van der Waals surface area (Å²) in [6.45, 7) is 9.39. The summed E-state index contributed by atoms with van der Waals surface area (Å²) in [4.78, 5) is 27.4. The van der Waals surface area contributed by atoms with E-state index in [9.17, 15) is 18.0 Å². The quantitative estimate of drug-likeness (QED) is 0.625. The lowest BCUT2D eigenvalue weighted by atomic mass is 10.1. The third-order valence-corrected chi connectivity index (χ3v) is 6.64. The maximum absolute atomic E-state index is 13.4. The van der Waals surface area contributed by atoms with Crippen LogP contribution in [0.3, 0.4) is 0 Å². The maximum atomic E-state index is 13.4. The highest BCUT2D eigenvalue weighted by Crippen LogP contribution is 2.25. The number of amides is 2. The number of rotatable bonds is 9. The van der Waals surface area contributed by atoms with Crippen molar-refractivity contribution in [3.8, 4) is 0 Å². The molecule has 0 radical (unpaired) electrons. The highest BCUT2D eigenvalue weighted by Gasteiger charge is 2.30. The molecule has 0 saturated heterocycles. The van der Waals surface area contributed by atoms with Gasteiger partial charge in [0.15, 0.2) is 0 Å². The zero-order valence-corrected chi connectivity index (χ0v) is 20.5. The van der Waals surface area contributed by atoms with Crippen molar-refractivity contribution in [1.82, 2.24) is 10.2 Å². The SMILES string of the molecule is CCNC(=O)[C@H](C)N(Cc1ccc(C)cc1)C(=O)CN(c1cccc(C)c1C)S(C)(=O)=O. The van der Waals surface area contributed by atoms with Gasteiger partial charge in [-0.3, -0.25) is 13.9 Å². The molecule has 1 N–H and O–H groups in total. The summed E-state index contributed by atoms with van der Waals surface area (Å²) in [5, 5.41) is 2.74. The molecule has 0 aliphatic heterocycles. The second-order valence-electron chi connectivity index (χ2n) is 8.07. The third-order valence-electron chi connectivity index (χ3n) is 5.52. The number of carbonyl (C=O) groups is 2. The lowest BCUT2D eigenvalue weighted by molar-refractivity contribution is -0.139. The van der Waals surface area contributed by atoms with Gasteiger partial charge in [-0.15, -0.1) is 0 Å². The second-order valence-corrected chi connectivity index (χ2v) is 9.97. The largest absolute Gasteiger partial charge is 0.355 e. The highest BCUT2D eigenvalue weighted by molar-refractivity contribution is 7.92. The van der Waals surface area contributed by atoms with Crippen LogP contribution in [0.15, 0.2) is 42.5 Å². The van der Waals surface area contributed by atoms with E-state index in [-0.39, 0.29) is 12.5 Å². The van der Waals surface area contributed by atoms with Crippen LogP contribution in [0.4, 0.5) is 5.69 Å². The van der Waals surface area contributed by atoms with Gasteiger partial charge in [0.2, 0.25) is 21.8 Å². The van der Waals surface area contributed by atoms with Gasteiger partial charge in [0, 0.05) is 13.1 Å². The number of nitrogens with zero attached hydrogens (tertiary/aromatic N) is 2. The molecule has 8 heteroatoms. The molecule has 1 atom stereocenters. The number of nitrogens with one attached hydrogen (secondary N) is 1. The molecule has 174 valence electrons. The van der Waals surface area contributed by atoms with E-state index in [1.54, 1.807) is 19.1 Å². The zero-order chi connectivity index (χ0) is 24.1. The van der Waals surface area contributed by atoms with Crippen molar-refractivity contribution >= 4 is 27.5 Å². The first-order valence-corrected chi connectivity index (χ1v) is 12.5. The Morgan fingerprint density at radius 3 is 2.22 bits per heavy atom. The average molecular weight is 460 g/mol. The van der Waals surface area contributed by atoms with E-state index in [1.807, 2.05) is 58.0 Å². The van der Waals surface area contributed by atoms with Crippen molar-refractivity contribution in [2.24, 2.45) is 0 Å². The molecule has 2 rings (SSSR count). The first-order valence-electron chi connectivity index (χ1n) is 10.6. The molecule has 0 unspecified atom stereocenters. The molecule has 0 aromatic heterocycles. The van der Waals surface area contributed by atoms with Crippen molar-refractivity contribution < 1.29 is 18.0 Å². The summed E-state index contributed by atoms with van der Waals surface area (Å²) in [5.41, 5.74) is 4.12. The fraction of sp³-hybridized carbons (Fsp3) is 0.417. The van der Waals surface area contributed by atoms with Crippen molar-refractivity contribution in [3.63, 3.8) is 0 Å². The van der Waals surface area contributed by atoms with Crippen LogP contribution in [0, 0.1) is 20.8 Å². The van der Waals surface area contributed by atoms with Crippen LogP contribution in [0.25, 0.3) is 0 Å². The van der Waals surface area contributed by atoms with Crippen molar-refractivity contribution in [2.75, 3.05) is 23.7 Å². The summed E-state index contributed by atoms with van der Waals surface area (Å²) in [7, 11) is -3.74. The fourth-order valence-electron chi connectivity index (χ4n) is 3.40. The van der Waals surface area contributed by atoms with E-state index in [0.29, 0.717) is 12.2 Å². The summed E-state index contributed by atoms with van der Waals surface area (Å²) in [5.74, 6) is -0.735. The first-order chi connectivity index (χ1) is 15.0. The molecule has 0 aliphatic rings. The Kier molecular flexibility index (Phi) is 8.44. The first kappa shape index (κ1) is 25.4. The predicted octanol–water partition coefficient (Wildman–Crippen LogP) is 2.93. The van der Waals surface area contributed by atoms with Gasteiger partial charge in [0.1, 0.15) is 12.6 Å². The topological polar surface area (TPSA) is 86.8 Å². The molecule has 0 spiro atoms. The van der Waals surface area contributed by atoms with E-state index >= 15 is 0 Å². The normalized spacial score (nSPS) is 12.2. The van der Waals surface area contributed by atoms with E-state index in [0.717, 1.165) is 32.8 Å². The molecule has 2 aromatic rings. The van der Waals surface area contributed by atoms with Crippen LogP contribution < -0.4 is 9.62 Å². The van der Waals surface area contributed by atoms with Gasteiger partial charge in [0.05, 0.1) is 11.9 Å². The van der Waals surface area contributed by atoms with Gasteiger partial charge in [-0.25, -0.2) is 8.42 Å². The van der Waals surface area contributed by atoms with Crippen LogP contribution in [0.2, 0.25) is 0 Å². The summed E-state index contributed by atoms with van der Waals surface area (Å²) >= 11 is 0. The highest BCUT2D eigenvalue weighted by atomic mass is 32.2. The number of anilines is 1. The second kappa shape index (κ2) is 10.6. The van der Waals surface area contributed by atoms with Crippen LogP contribution in [-0.2, 0) is 26.2 Å². The number of hydrogen-bond acceptors (Lipinski definition) is 4. The Labute approximate surface area is 191 Å². The number of hydrogen-bond donors (Lipinski definition) is 1. The lowest BCUT2D eigenvalue weighted by Gasteiger charge is -2.32. The summed E-state index contributed by atoms with van der Waals surface area (Å²) in [6.07, 6.45) is 1.08. The Bertz CT molecular complexity index is 1070. The van der Waals surface area contributed by atoms with Crippen LogP contribution in [0.5, 0.6) is 0 Å². The van der Waals surface area contributed by atoms with Crippen molar-refractivity contribution in [2.45, 2.75) is 47.2 Å². The third kappa shape index (κ3) is 6.32. The maximum Gasteiger partial charge on any atom is 0.244 e. The zero-order valence-electron chi connectivity index (χ0n) is 19.7. The van der Waals surface area contributed by atoms with Gasteiger partial charge in [-0.05, 0) is 57.4 Å². The van der Waals surface area contributed by atoms with Crippen LogP contribution in [-0.4, -0.2) is 50.5 Å². The van der Waals surface area contributed by atoms with Gasteiger partial charge in [-0.1, -0.05) is 42.0 Å². The summed E-state index contributed by atoms with van der Waals surface area (Å²) in [6, 6.07) is 12.3.